The van der Waals surface area contributed by atoms with E-state index in [1.165, 1.54) is 6.07 Å². The van der Waals surface area contributed by atoms with Crippen molar-refractivity contribution in [2.24, 2.45) is 0 Å². The maximum Gasteiger partial charge on any atom is 0.460 e. The topological polar surface area (TPSA) is 33.1 Å². The Hall–Kier alpha value is -2.20. The summed E-state index contributed by atoms with van der Waals surface area (Å²) in [5.41, 5.74) is -2.01. The molecule has 2 rings (SSSR count). The third-order valence-electron chi connectivity index (χ3n) is 3.22. The number of fused-ring (bicyclic) bond motifs is 1. The van der Waals surface area contributed by atoms with Crippen molar-refractivity contribution in [3.05, 3.63) is 36.2 Å². The summed E-state index contributed by atoms with van der Waals surface area (Å²) < 4.78 is 117. The molecule has 0 radical (unpaired) electrons. The molecule has 0 saturated carbocycles. The van der Waals surface area contributed by atoms with Crippen LogP contribution >= 0.6 is 0 Å². The Morgan fingerprint density at radius 1 is 0.750 bits per heavy atom. The molecule has 0 aliphatic rings. The molecule has 0 bridgehead atoms. The predicted octanol–water partition coefficient (Wildman–Crippen LogP) is 4.87. The number of halogens is 9. The summed E-state index contributed by atoms with van der Waals surface area (Å²) in [7, 11) is 0. The van der Waals surface area contributed by atoms with Crippen LogP contribution in [0.15, 0.2) is 30.5 Å². The molecule has 0 spiro atoms. The van der Waals surface area contributed by atoms with Gasteiger partial charge in [-0.1, -0.05) is 24.3 Å². The van der Waals surface area contributed by atoms with E-state index in [1.54, 1.807) is 0 Å². The average molecular weight is 363 g/mol. The molecule has 2 aromatic rings. The lowest BCUT2D eigenvalue weighted by Crippen LogP contribution is -2.59. The monoisotopic (exact) mass is 363 g/mol. The van der Waals surface area contributed by atoms with Gasteiger partial charge in [0.1, 0.15) is 11.4 Å². The van der Waals surface area contributed by atoms with Gasteiger partial charge in [0.05, 0.1) is 6.20 Å². The van der Waals surface area contributed by atoms with Gasteiger partial charge < -0.3 is 5.11 Å². The lowest BCUT2D eigenvalue weighted by atomic mass is 9.96. The molecular weight excluding hydrogens is 357 g/mol. The van der Waals surface area contributed by atoms with Crippen LogP contribution in [0.4, 0.5) is 39.5 Å². The zero-order chi connectivity index (χ0) is 18.6. The quantitative estimate of drug-likeness (QED) is 0.790. The van der Waals surface area contributed by atoms with Crippen LogP contribution in [0.25, 0.3) is 10.8 Å². The minimum absolute atomic E-state index is 0.257. The van der Waals surface area contributed by atoms with Gasteiger partial charge >= 0.3 is 23.9 Å². The van der Waals surface area contributed by atoms with Crippen LogP contribution in [0.5, 0.6) is 5.75 Å². The molecule has 0 amide bonds. The van der Waals surface area contributed by atoms with Gasteiger partial charge in [0, 0.05) is 10.8 Å². The van der Waals surface area contributed by atoms with Crippen molar-refractivity contribution in [2.45, 2.75) is 23.9 Å². The lowest BCUT2D eigenvalue weighted by molar-refractivity contribution is -0.399. The Balaban J connectivity index is 2.74. The van der Waals surface area contributed by atoms with Gasteiger partial charge in [-0.3, -0.25) is 4.98 Å². The maximum absolute atomic E-state index is 13.9. The second-order valence-corrected chi connectivity index (χ2v) is 4.76. The first kappa shape index (κ1) is 18.1. The molecule has 132 valence electrons. The molecule has 24 heavy (non-hydrogen) atoms. The highest BCUT2D eigenvalue weighted by atomic mass is 19.4. The second-order valence-electron chi connectivity index (χ2n) is 4.76. The molecule has 11 heteroatoms. The van der Waals surface area contributed by atoms with Gasteiger partial charge in [-0.05, 0) is 0 Å². The van der Waals surface area contributed by atoms with Crippen molar-refractivity contribution >= 4 is 10.8 Å². The molecular formula is C13H6F9NO. The minimum atomic E-state index is -7.01. The molecule has 0 saturated heterocycles. The van der Waals surface area contributed by atoms with E-state index in [-0.39, 0.29) is 6.20 Å². The summed E-state index contributed by atoms with van der Waals surface area (Å²) in [4.78, 5) is 2.76. The lowest BCUT2D eigenvalue weighted by Gasteiger charge is -2.33. The largest absolute Gasteiger partial charge is 0.506 e. The summed E-state index contributed by atoms with van der Waals surface area (Å²) in [5, 5.41) is 8.08. The zero-order valence-corrected chi connectivity index (χ0v) is 11.2. The highest BCUT2D eigenvalue weighted by molar-refractivity contribution is 5.90. The summed E-state index contributed by atoms with van der Waals surface area (Å²) >= 11 is 0. The Bertz CT molecular complexity index is 770. The third kappa shape index (κ3) is 2.33. The molecule has 2 nitrogen and oxygen atoms in total. The summed E-state index contributed by atoms with van der Waals surface area (Å²) in [5.74, 6) is -20.5. The summed E-state index contributed by atoms with van der Waals surface area (Å²) in [6, 6.07) is 3.94. The minimum Gasteiger partial charge on any atom is -0.506 e. The van der Waals surface area contributed by atoms with Crippen molar-refractivity contribution in [1.29, 1.82) is 0 Å². The van der Waals surface area contributed by atoms with E-state index in [4.69, 9.17) is 0 Å². The Morgan fingerprint density at radius 2 is 1.25 bits per heavy atom. The average Bonchev–Trinajstić information content (AvgIpc) is 2.46. The van der Waals surface area contributed by atoms with Crippen LogP contribution in [0, 0.1) is 0 Å². The van der Waals surface area contributed by atoms with Gasteiger partial charge in [0.25, 0.3) is 0 Å². The van der Waals surface area contributed by atoms with Crippen LogP contribution < -0.4 is 0 Å². The van der Waals surface area contributed by atoms with E-state index in [2.05, 4.69) is 4.98 Å². The molecule has 1 aromatic heterocycles. The van der Waals surface area contributed by atoms with Crippen LogP contribution in [-0.2, 0) is 5.92 Å². The van der Waals surface area contributed by atoms with Crippen molar-refractivity contribution in [3.63, 3.8) is 0 Å². The normalized spacial score (nSPS) is 14.2. The molecule has 0 unspecified atom stereocenters. The number of rotatable bonds is 3. The van der Waals surface area contributed by atoms with Crippen molar-refractivity contribution in [3.8, 4) is 5.75 Å². The molecule has 0 atom stereocenters. The summed E-state index contributed by atoms with van der Waals surface area (Å²) in [6.07, 6.45) is -6.65. The van der Waals surface area contributed by atoms with E-state index in [0.29, 0.717) is 0 Å². The fourth-order valence-electron chi connectivity index (χ4n) is 1.95. The van der Waals surface area contributed by atoms with Crippen molar-refractivity contribution < 1.29 is 44.6 Å². The first-order valence-electron chi connectivity index (χ1n) is 6.02. The van der Waals surface area contributed by atoms with Crippen LogP contribution in [0.3, 0.4) is 0 Å². The summed E-state index contributed by atoms with van der Waals surface area (Å²) in [6.45, 7) is 0. The van der Waals surface area contributed by atoms with Crippen LogP contribution in [-0.4, -0.2) is 28.1 Å². The molecule has 1 heterocycles. The highest BCUT2D eigenvalue weighted by Crippen LogP contribution is 2.57. The third-order valence-corrected chi connectivity index (χ3v) is 3.22. The van der Waals surface area contributed by atoms with Gasteiger partial charge in [-0.15, -0.1) is 0 Å². The fraction of sp³-hybridized carbons (Fsp3) is 0.308. The SMILES string of the molecule is Oc1cnc(C(F)(F)C(F)(F)C(F)(F)C(F)(F)F)c2ccccc12. The Labute approximate surface area is 127 Å². The molecule has 1 N–H and O–H groups in total. The smallest absolute Gasteiger partial charge is 0.460 e. The number of pyridine rings is 1. The van der Waals surface area contributed by atoms with Crippen molar-refractivity contribution in [1.82, 2.24) is 4.98 Å². The number of hydrogen-bond donors (Lipinski definition) is 1. The van der Waals surface area contributed by atoms with Gasteiger partial charge in [-0.25, -0.2) is 0 Å². The number of benzene rings is 1. The van der Waals surface area contributed by atoms with Crippen LogP contribution in [0.1, 0.15) is 5.69 Å². The number of aromatic nitrogens is 1. The Kier molecular flexibility index (Phi) is 3.89. The van der Waals surface area contributed by atoms with Crippen molar-refractivity contribution in [2.75, 3.05) is 0 Å². The first-order valence-corrected chi connectivity index (χ1v) is 6.02. The van der Waals surface area contributed by atoms with E-state index in [0.717, 1.165) is 18.2 Å². The van der Waals surface area contributed by atoms with Crippen LogP contribution in [0.2, 0.25) is 0 Å². The van der Waals surface area contributed by atoms with E-state index < -0.39 is 46.2 Å². The number of aromatic hydroxyl groups is 1. The fourth-order valence-corrected chi connectivity index (χ4v) is 1.95. The number of hydrogen-bond acceptors (Lipinski definition) is 2. The molecule has 1 aromatic carbocycles. The van der Waals surface area contributed by atoms with E-state index in [1.807, 2.05) is 0 Å². The van der Waals surface area contributed by atoms with Gasteiger partial charge in [-0.2, -0.15) is 39.5 Å². The Morgan fingerprint density at radius 3 is 1.75 bits per heavy atom. The number of nitrogens with zero attached hydrogens (tertiary/aromatic N) is 1. The maximum atomic E-state index is 13.9. The first-order chi connectivity index (χ1) is 10.7. The highest BCUT2D eigenvalue weighted by Gasteiger charge is 2.82. The van der Waals surface area contributed by atoms with Gasteiger partial charge in [0.2, 0.25) is 0 Å². The predicted molar refractivity (Wildman–Crippen MR) is 63.3 cm³/mol. The number of alkyl halides is 9. The zero-order valence-electron chi connectivity index (χ0n) is 11.2. The second kappa shape index (κ2) is 5.15. The molecule has 0 fully saturated rings. The van der Waals surface area contributed by atoms with Gasteiger partial charge in [0.15, 0.2) is 0 Å². The van der Waals surface area contributed by atoms with E-state index in [9.17, 15) is 44.6 Å². The standard InChI is InChI=1S/C13H6F9NO/c14-10(15,11(16,17)12(18,19)13(20,21)22)9-7-4-2-1-3-6(7)8(24)5-23-9/h1-5,24H. The molecule has 0 aliphatic heterocycles. The molecule has 0 aliphatic carbocycles. The van der Waals surface area contributed by atoms with E-state index >= 15 is 0 Å².